The maximum atomic E-state index is 12.5. The number of aliphatic hydroxyl groups is 1. The number of benzene rings is 1. The Morgan fingerprint density at radius 2 is 2.14 bits per heavy atom. The predicted molar refractivity (Wildman–Crippen MR) is 132 cm³/mol. The van der Waals surface area contributed by atoms with E-state index in [4.69, 9.17) is 9.72 Å². The lowest BCUT2D eigenvalue weighted by Gasteiger charge is -2.21. The van der Waals surface area contributed by atoms with Crippen LogP contribution < -0.4 is 5.32 Å². The highest BCUT2D eigenvalue weighted by Crippen LogP contribution is 2.36. The second kappa shape index (κ2) is 9.53. The van der Waals surface area contributed by atoms with Crippen LogP contribution in [0.15, 0.2) is 54.3 Å². The van der Waals surface area contributed by atoms with Crippen LogP contribution in [0.5, 0.6) is 0 Å². The molecule has 2 N–H and O–H groups in total. The van der Waals surface area contributed by atoms with Crippen LogP contribution >= 0.6 is 11.3 Å². The van der Waals surface area contributed by atoms with Crippen LogP contribution in [-0.4, -0.2) is 68.0 Å². The summed E-state index contributed by atoms with van der Waals surface area (Å²) < 4.78 is 6.86. The first-order valence-electron chi connectivity index (χ1n) is 11.1. The largest absolute Gasteiger partial charge is 0.383 e. The van der Waals surface area contributed by atoms with E-state index in [1.54, 1.807) is 48.3 Å². The number of methoxy groups -OCH3 is 1. The maximum Gasteiger partial charge on any atom is 0.258 e. The van der Waals surface area contributed by atoms with E-state index in [1.165, 1.54) is 11.3 Å². The molecule has 5 rings (SSSR count). The monoisotopic (exact) mass is 491 g/mol. The Hall–Kier alpha value is -3.67. The van der Waals surface area contributed by atoms with Crippen molar-refractivity contribution in [1.29, 1.82) is 0 Å². The predicted octanol–water partition coefficient (Wildman–Crippen LogP) is 2.90. The number of likely N-dealkylation sites (tertiary alicyclic amines) is 1. The van der Waals surface area contributed by atoms with Gasteiger partial charge in [-0.05, 0) is 17.7 Å². The van der Waals surface area contributed by atoms with Crippen LogP contribution in [0.25, 0.3) is 22.0 Å². The molecule has 0 aliphatic carbocycles. The minimum Gasteiger partial charge on any atom is -0.383 e. The summed E-state index contributed by atoms with van der Waals surface area (Å²) in [5.74, 6) is 0.163. The van der Waals surface area contributed by atoms with E-state index in [-0.39, 0.29) is 5.91 Å². The molecule has 180 valence electrons. The summed E-state index contributed by atoms with van der Waals surface area (Å²) in [7, 11) is 3.36. The second-order valence-corrected chi connectivity index (χ2v) is 9.19. The summed E-state index contributed by atoms with van der Waals surface area (Å²) in [5, 5.41) is 21.2. The maximum absolute atomic E-state index is 12.5. The molecule has 1 amide bonds. The van der Waals surface area contributed by atoms with Gasteiger partial charge in [0.15, 0.2) is 5.60 Å². The van der Waals surface area contributed by atoms with E-state index in [2.05, 4.69) is 20.4 Å². The first kappa shape index (κ1) is 23.1. The van der Waals surface area contributed by atoms with Gasteiger partial charge in [0.2, 0.25) is 5.95 Å². The van der Waals surface area contributed by atoms with Crippen LogP contribution in [0.1, 0.15) is 12.0 Å². The summed E-state index contributed by atoms with van der Waals surface area (Å²) in [6.07, 6.45) is 5.62. The average molecular weight is 492 g/mol. The first-order chi connectivity index (χ1) is 17.0. The number of carbonyl (C=O) groups excluding carboxylic acids is 1. The molecule has 1 fully saturated rings. The molecule has 0 spiro atoms. The van der Waals surface area contributed by atoms with E-state index in [0.717, 1.165) is 16.3 Å². The molecular formula is C24H25N7O3S. The molecule has 1 aliphatic heterocycles. The number of nitrogens with one attached hydrogen (secondary N) is 1. The fourth-order valence-electron chi connectivity index (χ4n) is 3.98. The van der Waals surface area contributed by atoms with E-state index >= 15 is 0 Å². The summed E-state index contributed by atoms with van der Waals surface area (Å²) >= 11 is 1.48. The van der Waals surface area contributed by atoms with Crippen molar-refractivity contribution >= 4 is 28.9 Å². The van der Waals surface area contributed by atoms with Crippen molar-refractivity contribution in [3.63, 3.8) is 0 Å². The van der Waals surface area contributed by atoms with Gasteiger partial charge in [0.05, 0.1) is 30.7 Å². The van der Waals surface area contributed by atoms with Crippen molar-refractivity contribution in [3.8, 4) is 22.0 Å². The molecule has 1 saturated heterocycles. The van der Waals surface area contributed by atoms with Gasteiger partial charge >= 0.3 is 0 Å². The van der Waals surface area contributed by atoms with Gasteiger partial charge in [0, 0.05) is 50.5 Å². The Morgan fingerprint density at radius 1 is 1.26 bits per heavy atom. The Bertz CT molecular complexity index is 1350. The zero-order valence-electron chi connectivity index (χ0n) is 19.4. The van der Waals surface area contributed by atoms with Crippen LogP contribution in [0.4, 0.5) is 11.6 Å². The molecule has 0 bridgehead atoms. The zero-order valence-corrected chi connectivity index (χ0v) is 20.2. The number of thiazole rings is 1. The molecule has 1 aromatic carbocycles. The van der Waals surface area contributed by atoms with Gasteiger partial charge < -0.3 is 20.1 Å². The Labute approximate surface area is 206 Å². The van der Waals surface area contributed by atoms with E-state index in [0.29, 0.717) is 49.0 Å². The topological polar surface area (TPSA) is 118 Å². The second-order valence-electron chi connectivity index (χ2n) is 8.33. The minimum absolute atomic E-state index is 0.278. The highest BCUT2D eigenvalue weighted by atomic mass is 32.1. The van der Waals surface area contributed by atoms with Crippen molar-refractivity contribution in [2.24, 2.45) is 0 Å². The Kier molecular flexibility index (Phi) is 6.29. The fraction of sp³-hybridized carbons (Fsp3) is 0.292. The number of hydrogen-bond acceptors (Lipinski definition) is 9. The third-order valence-electron chi connectivity index (χ3n) is 5.93. The van der Waals surface area contributed by atoms with Crippen LogP contribution in [0, 0.1) is 0 Å². The third-order valence-corrected chi connectivity index (χ3v) is 6.82. The SMILES string of the molecule is COCCn1cc(Nc2nccc(-c3csc(-c4cccc(C5(O)CCN(C)C5=O)c4)n3)n2)cn1. The van der Waals surface area contributed by atoms with Gasteiger partial charge in [-0.3, -0.25) is 9.48 Å². The van der Waals surface area contributed by atoms with Crippen molar-refractivity contribution in [2.75, 3.05) is 32.6 Å². The number of nitrogens with zero attached hydrogens (tertiary/aromatic N) is 6. The van der Waals surface area contributed by atoms with Gasteiger partial charge in [-0.15, -0.1) is 11.3 Å². The quantitative estimate of drug-likeness (QED) is 0.386. The Balaban J connectivity index is 1.35. The highest BCUT2D eigenvalue weighted by Gasteiger charge is 2.45. The van der Waals surface area contributed by atoms with Crippen molar-refractivity contribution in [2.45, 2.75) is 18.6 Å². The van der Waals surface area contributed by atoms with Crippen LogP contribution in [0.3, 0.4) is 0 Å². The number of carbonyl (C=O) groups is 1. The molecule has 10 nitrogen and oxygen atoms in total. The highest BCUT2D eigenvalue weighted by molar-refractivity contribution is 7.13. The van der Waals surface area contributed by atoms with Crippen molar-refractivity contribution in [1.82, 2.24) is 29.6 Å². The number of aromatic nitrogens is 5. The van der Waals surface area contributed by atoms with Gasteiger partial charge in [0.1, 0.15) is 10.7 Å². The lowest BCUT2D eigenvalue weighted by Crippen LogP contribution is -2.36. The van der Waals surface area contributed by atoms with Crippen molar-refractivity contribution in [3.05, 3.63) is 59.9 Å². The average Bonchev–Trinajstić information content (AvgIpc) is 3.61. The summed E-state index contributed by atoms with van der Waals surface area (Å²) in [6.45, 7) is 1.76. The molecular weight excluding hydrogens is 466 g/mol. The minimum atomic E-state index is -1.49. The number of rotatable bonds is 8. The molecule has 1 atom stereocenters. The van der Waals surface area contributed by atoms with Gasteiger partial charge in [0.25, 0.3) is 5.91 Å². The third kappa shape index (κ3) is 4.65. The number of amides is 1. The summed E-state index contributed by atoms with van der Waals surface area (Å²) in [6, 6.07) is 9.20. The zero-order chi connectivity index (χ0) is 24.4. The molecule has 4 heterocycles. The number of anilines is 2. The fourth-order valence-corrected chi connectivity index (χ4v) is 4.79. The normalized spacial score (nSPS) is 17.8. The molecule has 0 saturated carbocycles. The van der Waals surface area contributed by atoms with Gasteiger partial charge in [-0.2, -0.15) is 5.10 Å². The number of hydrogen-bond donors (Lipinski definition) is 2. The molecule has 1 aliphatic rings. The summed E-state index contributed by atoms with van der Waals surface area (Å²) in [5.41, 5.74) is 2.10. The van der Waals surface area contributed by atoms with Gasteiger partial charge in [-0.25, -0.2) is 15.0 Å². The summed E-state index contributed by atoms with van der Waals surface area (Å²) in [4.78, 5) is 27.7. The molecule has 1 unspecified atom stereocenters. The molecule has 4 aromatic rings. The number of likely N-dealkylation sites (N-methyl/N-ethyl adjacent to an activating group) is 1. The lowest BCUT2D eigenvalue weighted by molar-refractivity contribution is -0.143. The van der Waals surface area contributed by atoms with Crippen LogP contribution in [-0.2, 0) is 21.7 Å². The van der Waals surface area contributed by atoms with Crippen LogP contribution in [0.2, 0.25) is 0 Å². The number of ether oxygens (including phenoxy) is 1. The lowest BCUT2D eigenvalue weighted by atomic mass is 9.91. The molecule has 35 heavy (non-hydrogen) atoms. The van der Waals surface area contributed by atoms with Crippen molar-refractivity contribution < 1.29 is 14.6 Å². The first-order valence-corrected chi connectivity index (χ1v) is 12.0. The molecule has 11 heteroatoms. The van der Waals surface area contributed by atoms with E-state index in [1.807, 2.05) is 29.8 Å². The molecule has 0 radical (unpaired) electrons. The Morgan fingerprint density at radius 3 is 2.94 bits per heavy atom. The smallest absolute Gasteiger partial charge is 0.258 e. The standard InChI is InChI=1S/C24H25N7O3S/c1-30-9-7-24(33,22(30)32)17-5-3-4-16(12-17)21-28-20(15-35-21)19-6-8-25-23(29-19)27-18-13-26-31(14-18)10-11-34-2/h3-6,8,12-15,33H,7,9-11H2,1-2H3,(H,25,27,29). The van der Waals surface area contributed by atoms with E-state index in [9.17, 15) is 9.90 Å². The van der Waals surface area contributed by atoms with E-state index < -0.39 is 5.60 Å². The molecule has 3 aromatic heterocycles. The van der Waals surface area contributed by atoms with Gasteiger partial charge in [-0.1, -0.05) is 18.2 Å².